The van der Waals surface area contributed by atoms with Crippen LogP contribution in [0.25, 0.3) is 0 Å². The van der Waals surface area contributed by atoms with Crippen molar-refractivity contribution in [3.8, 4) is 0 Å². The average Bonchev–Trinajstić information content (AvgIpc) is 2.58. The van der Waals surface area contributed by atoms with Crippen molar-refractivity contribution in [3.05, 3.63) is 0 Å². The molecule has 3 unspecified atom stereocenters. The molecule has 2 aliphatic rings. The van der Waals surface area contributed by atoms with Gasteiger partial charge in [-0.2, -0.15) is 0 Å². The average molecular weight is 197 g/mol. The summed E-state index contributed by atoms with van der Waals surface area (Å²) in [6, 6.07) is 0.333. The Hall–Kier alpha value is -0.570. The van der Waals surface area contributed by atoms with Crippen LogP contribution in [0.5, 0.6) is 0 Å². The van der Waals surface area contributed by atoms with Crippen LogP contribution in [-0.2, 0) is 4.79 Å². The molecule has 3 nitrogen and oxygen atoms in total. The maximum absolute atomic E-state index is 11.1. The summed E-state index contributed by atoms with van der Waals surface area (Å²) in [6.07, 6.45) is 2.21. The fraction of sp³-hybridized carbons (Fsp3) is 0.909. The number of rotatable bonds is 3. The van der Waals surface area contributed by atoms with Crippen LogP contribution in [0.2, 0.25) is 0 Å². The molecule has 1 heterocycles. The van der Waals surface area contributed by atoms with Gasteiger partial charge >= 0.3 is 5.97 Å². The predicted octanol–water partition coefficient (Wildman–Crippen LogP) is 1.44. The molecular weight excluding hydrogens is 178 g/mol. The Kier molecular flexibility index (Phi) is 2.52. The SMILES string of the molecule is CC(C)CN1CC2CCC1C2C(=O)O. The summed E-state index contributed by atoms with van der Waals surface area (Å²) in [5, 5.41) is 9.12. The molecule has 0 radical (unpaired) electrons. The number of hydrogen-bond donors (Lipinski definition) is 1. The molecule has 2 bridgehead atoms. The van der Waals surface area contributed by atoms with Crippen molar-refractivity contribution in [2.75, 3.05) is 13.1 Å². The second-order valence-electron chi connectivity index (χ2n) is 5.12. The minimum Gasteiger partial charge on any atom is -0.481 e. The molecule has 1 saturated carbocycles. The van der Waals surface area contributed by atoms with Gasteiger partial charge in [-0.05, 0) is 24.7 Å². The molecule has 0 aromatic carbocycles. The molecule has 0 aromatic heterocycles. The quantitative estimate of drug-likeness (QED) is 0.744. The van der Waals surface area contributed by atoms with E-state index in [-0.39, 0.29) is 5.92 Å². The third-order valence-electron chi connectivity index (χ3n) is 3.58. The van der Waals surface area contributed by atoms with E-state index in [1.807, 2.05) is 0 Å². The molecular formula is C11H19NO2. The van der Waals surface area contributed by atoms with Crippen molar-refractivity contribution in [2.24, 2.45) is 17.8 Å². The van der Waals surface area contributed by atoms with Gasteiger partial charge in [-0.1, -0.05) is 13.8 Å². The van der Waals surface area contributed by atoms with Crippen LogP contribution in [0.4, 0.5) is 0 Å². The van der Waals surface area contributed by atoms with Crippen LogP contribution < -0.4 is 0 Å². The molecule has 3 heteroatoms. The summed E-state index contributed by atoms with van der Waals surface area (Å²) in [5.41, 5.74) is 0. The normalized spacial score (nSPS) is 36.9. The lowest BCUT2D eigenvalue weighted by Gasteiger charge is -2.28. The van der Waals surface area contributed by atoms with E-state index in [2.05, 4.69) is 18.7 Å². The second-order valence-corrected chi connectivity index (χ2v) is 5.12. The fourth-order valence-electron chi connectivity index (χ4n) is 3.15. The monoisotopic (exact) mass is 197 g/mol. The molecule has 2 rings (SSSR count). The lowest BCUT2D eigenvalue weighted by Crippen LogP contribution is -2.37. The lowest BCUT2D eigenvalue weighted by atomic mass is 9.99. The highest BCUT2D eigenvalue weighted by Gasteiger charge is 2.50. The van der Waals surface area contributed by atoms with Crippen molar-refractivity contribution in [1.82, 2.24) is 4.90 Å². The standard InChI is InChI=1S/C11H19NO2/c1-7(2)5-12-6-8-3-4-9(12)10(8)11(13)14/h7-10H,3-6H2,1-2H3,(H,13,14). The molecule has 3 atom stereocenters. The van der Waals surface area contributed by atoms with E-state index in [0.29, 0.717) is 17.9 Å². The molecule has 1 aliphatic carbocycles. The summed E-state index contributed by atoms with van der Waals surface area (Å²) < 4.78 is 0. The smallest absolute Gasteiger partial charge is 0.308 e. The van der Waals surface area contributed by atoms with E-state index < -0.39 is 5.97 Å². The van der Waals surface area contributed by atoms with Gasteiger partial charge < -0.3 is 5.11 Å². The molecule has 0 aromatic rings. The van der Waals surface area contributed by atoms with Crippen LogP contribution in [0, 0.1) is 17.8 Å². The third-order valence-corrected chi connectivity index (χ3v) is 3.58. The van der Waals surface area contributed by atoms with Crippen LogP contribution in [0.3, 0.4) is 0 Å². The largest absolute Gasteiger partial charge is 0.481 e. The predicted molar refractivity (Wildman–Crippen MR) is 54.0 cm³/mol. The molecule has 1 aliphatic heterocycles. The molecule has 0 amide bonds. The first kappa shape index (κ1) is 9.97. The van der Waals surface area contributed by atoms with E-state index in [4.69, 9.17) is 5.11 Å². The van der Waals surface area contributed by atoms with Gasteiger partial charge in [0.1, 0.15) is 0 Å². The van der Waals surface area contributed by atoms with Gasteiger partial charge in [-0.15, -0.1) is 0 Å². The molecule has 1 saturated heterocycles. The van der Waals surface area contributed by atoms with E-state index >= 15 is 0 Å². The van der Waals surface area contributed by atoms with Gasteiger partial charge in [-0.25, -0.2) is 0 Å². The Morgan fingerprint density at radius 3 is 2.71 bits per heavy atom. The second kappa shape index (κ2) is 3.54. The Morgan fingerprint density at radius 1 is 1.50 bits per heavy atom. The maximum atomic E-state index is 11.1. The maximum Gasteiger partial charge on any atom is 0.308 e. The minimum atomic E-state index is -0.580. The number of fused-ring (bicyclic) bond motifs is 2. The first-order valence-electron chi connectivity index (χ1n) is 5.56. The first-order valence-corrected chi connectivity index (χ1v) is 5.56. The zero-order chi connectivity index (χ0) is 10.3. The first-order chi connectivity index (χ1) is 6.59. The third kappa shape index (κ3) is 1.54. The molecule has 1 N–H and O–H groups in total. The zero-order valence-corrected chi connectivity index (χ0v) is 8.94. The summed E-state index contributed by atoms with van der Waals surface area (Å²) in [6.45, 7) is 6.47. The van der Waals surface area contributed by atoms with Crippen LogP contribution in [-0.4, -0.2) is 35.1 Å². The summed E-state index contributed by atoms with van der Waals surface area (Å²) in [4.78, 5) is 13.5. The number of piperidine rings is 1. The van der Waals surface area contributed by atoms with Crippen molar-refractivity contribution in [2.45, 2.75) is 32.7 Å². The van der Waals surface area contributed by atoms with Gasteiger partial charge in [0.25, 0.3) is 0 Å². The topological polar surface area (TPSA) is 40.5 Å². The Labute approximate surface area is 85.1 Å². The number of hydrogen-bond acceptors (Lipinski definition) is 2. The summed E-state index contributed by atoms with van der Waals surface area (Å²) >= 11 is 0. The highest BCUT2D eigenvalue weighted by Crippen LogP contribution is 2.42. The van der Waals surface area contributed by atoms with E-state index in [1.165, 1.54) is 0 Å². The van der Waals surface area contributed by atoms with Crippen molar-refractivity contribution in [1.29, 1.82) is 0 Å². The lowest BCUT2D eigenvalue weighted by molar-refractivity contribution is -0.142. The number of likely N-dealkylation sites (tertiary alicyclic amines) is 1. The molecule has 14 heavy (non-hydrogen) atoms. The number of nitrogens with zero attached hydrogens (tertiary/aromatic N) is 1. The Bertz CT molecular complexity index is 239. The summed E-state index contributed by atoms with van der Waals surface area (Å²) in [5.74, 6) is 0.414. The van der Waals surface area contributed by atoms with Crippen molar-refractivity contribution < 1.29 is 9.90 Å². The number of carboxylic acids is 1. The van der Waals surface area contributed by atoms with E-state index in [0.717, 1.165) is 25.9 Å². The molecule has 80 valence electrons. The van der Waals surface area contributed by atoms with Crippen LogP contribution in [0.1, 0.15) is 26.7 Å². The van der Waals surface area contributed by atoms with Gasteiger partial charge in [0.15, 0.2) is 0 Å². The van der Waals surface area contributed by atoms with Crippen molar-refractivity contribution >= 4 is 5.97 Å². The van der Waals surface area contributed by atoms with Gasteiger partial charge in [-0.3, -0.25) is 9.69 Å². The van der Waals surface area contributed by atoms with Gasteiger partial charge in [0.05, 0.1) is 5.92 Å². The summed E-state index contributed by atoms with van der Waals surface area (Å²) in [7, 11) is 0. The van der Waals surface area contributed by atoms with Crippen molar-refractivity contribution in [3.63, 3.8) is 0 Å². The number of aliphatic carboxylic acids is 1. The van der Waals surface area contributed by atoms with Crippen LogP contribution in [0.15, 0.2) is 0 Å². The highest BCUT2D eigenvalue weighted by atomic mass is 16.4. The Morgan fingerprint density at radius 2 is 2.21 bits per heavy atom. The van der Waals surface area contributed by atoms with Gasteiger partial charge in [0.2, 0.25) is 0 Å². The number of carboxylic acid groups (broad SMARTS) is 1. The fourth-order valence-corrected chi connectivity index (χ4v) is 3.15. The zero-order valence-electron chi connectivity index (χ0n) is 8.94. The molecule has 0 spiro atoms. The van der Waals surface area contributed by atoms with Gasteiger partial charge in [0, 0.05) is 19.1 Å². The van der Waals surface area contributed by atoms with Crippen LogP contribution >= 0.6 is 0 Å². The minimum absolute atomic E-state index is 0.0752. The Balaban J connectivity index is 2.03. The van der Waals surface area contributed by atoms with E-state index in [1.54, 1.807) is 0 Å². The van der Waals surface area contributed by atoms with E-state index in [9.17, 15) is 4.79 Å². The highest BCUT2D eigenvalue weighted by molar-refractivity contribution is 5.72. The number of carbonyl (C=O) groups is 1. The molecule has 2 fully saturated rings.